The van der Waals surface area contributed by atoms with Gasteiger partial charge in [0.2, 0.25) is 0 Å². The second-order valence-electron chi connectivity index (χ2n) is 5.03. The zero-order valence-electron chi connectivity index (χ0n) is 11.4. The van der Waals surface area contributed by atoms with Crippen LogP contribution in [0.1, 0.15) is 6.42 Å². The van der Waals surface area contributed by atoms with Gasteiger partial charge in [0.05, 0.1) is 0 Å². The Morgan fingerprint density at radius 3 is 2.76 bits per heavy atom. The van der Waals surface area contributed by atoms with Gasteiger partial charge in [-0.1, -0.05) is 17.7 Å². The first kappa shape index (κ1) is 15.6. The number of amides is 2. The van der Waals surface area contributed by atoms with E-state index < -0.39 is 12.5 Å². The Labute approximate surface area is 127 Å². The summed E-state index contributed by atoms with van der Waals surface area (Å²) < 4.78 is 0. The number of anilines is 1. The van der Waals surface area contributed by atoms with E-state index in [-0.39, 0.29) is 18.6 Å². The van der Waals surface area contributed by atoms with Gasteiger partial charge in [0.1, 0.15) is 6.54 Å². The first-order chi connectivity index (χ1) is 10.0. The van der Waals surface area contributed by atoms with E-state index in [2.05, 4.69) is 0 Å². The molecule has 0 saturated carbocycles. The van der Waals surface area contributed by atoms with Crippen LogP contribution in [-0.4, -0.2) is 53.4 Å². The maximum atomic E-state index is 12.5. The van der Waals surface area contributed by atoms with Gasteiger partial charge in [-0.05, 0) is 24.6 Å². The number of urea groups is 1. The average molecular weight is 313 g/mol. The lowest BCUT2D eigenvalue weighted by Crippen LogP contribution is -2.44. The maximum Gasteiger partial charge on any atom is 0.325 e. The van der Waals surface area contributed by atoms with E-state index in [9.17, 15) is 9.59 Å². The number of carboxylic acids is 1. The molecular formula is C14H17ClN2O4. The molecule has 0 aromatic heterocycles. The minimum atomic E-state index is -1.10. The summed E-state index contributed by atoms with van der Waals surface area (Å²) in [6, 6.07) is 6.15. The second-order valence-corrected chi connectivity index (χ2v) is 5.46. The number of carbonyl (C=O) groups excluding carboxylic acids is 1. The minimum absolute atomic E-state index is 0.0277. The van der Waals surface area contributed by atoms with Crippen LogP contribution < -0.4 is 4.90 Å². The Kier molecular flexibility index (Phi) is 5.03. The molecule has 2 amide bonds. The topological polar surface area (TPSA) is 81.1 Å². The summed E-state index contributed by atoms with van der Waals surface area (Å²) in [6.45, 7) is 0.548. The number of halogens is 1. The quantitative estimate of drug-likeness (QED) is 0.886. The van der Waals surface area contributed by atoms with E-state index in [1.807, 2.05) is 0 Å². The van der Waals surface area contributed by atoms with Crippen molar-refractivity contribution in [3.05, 3.63) is 29.3 Å². The summed E-state index contributed by atoms with van der Waals surface area (Å²) in [5.74, 6) is -1.04. The van der Waals surface area contributed by atoms with E-state index in [0.29, 0.717) is 23.8 Å². The number of hydrogen-bond acceptors (Lipinski definition) is 3. The van der Waals surface area contributed by atoms with Crippen LogP contribution in [0.25, 0.3) is 0 Å². The summed E-state index contributed by atoms with van der Waals surface area (Å²) >= 11 is 5.90. The number of hydrogen-bond donors (Lipinski definition) is 2. The predicted octanol–water partition coefficient (Wildman–Crippen LogP) is 1.67. The van der Waals surface area contributed by atoms with Crippen molar-refractivity contribution in [2.45, 2.75) is 6.42 Å². The van der Waals surface area contributed by atoms with Crippen molar-refractivity contribution in [2.75, 3.05) is 31.1 Å². The molecule has 1 saturated heterocycles. The lowest BCUT2D eigenvalue weighted by Gasteiger charge is -2.27. The molecule has 1 unspecified atom stereocenters. The molecule has 0 bridgehead atoms. The van der Waals surface area contributed by atoms with E-state index in [0.717, 1.165) is 6.42 Å². The van der Waals surface area contributed by atoms with Gasteiger partial charge in [-0.2, -0.15) is 0 Å². The van der Waals surface area contributed by atoms with Crippen LogP contribution in [0.2, 0.25) is 5.02 Å². The molecule has 114 valence electrons. The average Bonchev–Trinajstić information content (AvgIpc) is 2.92. The number of aliphatic hydroxyl groups is 1. The Hall–Kier alpha value is -1.79. The fourth-order valence-corrected chi connectivity index (χ4v) is 2.56. The van der Waals surface area contributed by atoms with Gasteiger partial charge in [0, 0.05) is 36.3 Å². The normalized spacial score (nSPS) is 17.8. The third-order valence-electron chi connectivity index (χ3n) is 3.46. The van der Waals surface area contributed by atoms with Crippen molar-refractivity contribution < 1.29 is 19.8 Å². The number of nitrogens with zero attached hydrogens (tertiary/aromatic N) is 2. The molecule has 2 N–H and O–H groups in total. The van der Waals surface area contributed by atoms with Crippen molar-refractivity contribution in [1.82, 2.24) is 4.90 Å². The standard InChI is InChI=1S/C14H17ClN2O4/c15-11-2-1-3-12(6-11)17(8-13(19)20)14(21)16-5-4-10(7-16)9-18/h1-3,6,10,18H,4-5,7-9H2,(H,19,20). The van der Waals surface area contributed by atoms with Crippen LogP contribution in [0.5, 0.6) is 0 Å². The first-order valence-electron chi connectivity index (χ1n) is 6.66. The van der Waals surface area contributed by atoms with Gasteiger partial charge in [-0.25, -0.2) is 4.79 Å². The minimum Gasteiger partial charge on any atom is -0.480 e. The van der Waals surface area contributed by atoms with Gasteiger partial charge >= 0.3 is 12.0 Å². The summed E-state index contributed by atoms with van der Waals surface area (Å²) in [7, 11) is 0. The highest BCUT2D eigenvalue weighted by atomic mass is 35.5. The molecule has 1 heterocycles. The molecule has 1 aromatic rings. The summed E-state index contributed by atoms with van der Waals surface area (Å²) in [5, 5.41) is 18.6. The van der Waals surface area contributed by atoms with Crippen molar-refractivity contribution in [3.63, 3.8) is 0 Å². The van der Waals surface area contributed by atoms with E-state index in [1.165, 1.54) is 4.90 Å². The molecule has 0 radical (unpaired) electrons. The number of aliphatic hydroxyl groups excluding tert-OH is 1. The summed E-state index contributed by atoms with van der Waals surface area (Å²) in [5.41, 5.74) is 0.447. The predicted molar refractivity (Wildman–Crippen MR) is 78.6 cm³/mol. The summed E-state index contributed by atoms with van der Waals surface area (Å²) in [6.07, 6.45) is 0.721. The first-order valence-corrected chi connectivity index (χ1v) is 7.03. The molecule has 1 atom stereocenters. The molecule has 2 rings (SSSR count). The Bertz CT molecular complexity index is 537. The lowest BCUT2D eigenvalue weighted by atomic mass is 10.1. The number of carboxylic acid groups (broad SMARTS) is 1. The molecule has 1 aliphatic rings. The van der Waals surface area contributed by atoms with Crippen LogP contribution in [0.3, 0.4) is 0 Å². The number of rotatable bonds is 4. The number of benzene rings is 1. The van der Waals surface area contributed by atoms with E-state index >= 15 is 0 Å². The number of likely N-dealkylation sites (tertiary alicyclic amines) is 1. The molecule has 1 aromatic carbocycles. The van der Waals surface area contributed by atoms with Gasteiger partial charge in [0.15, 0.2) is 0 Å². The van der Waals surface area contributed by atoms with Crippen LogP contribution in [-0.2, 0) is 4.79 Å². The number of aliphatic carboxylic acids is 1. The highest BCUT2D eigenvalue weighted by Gasteiger charge is 2.30. The van der Waals surface area contributed by atoms with Crippen molar-refractivity contribution in [1.29, 1.82) is 0 Å². The van der Waals surface area contributed by atoms with Crippen molar-refractivity contribution >= 4 is 29.3 Å². The smallest absolute Gasteiger partial charge is 0.325 e. The molecule has 1 aliphatic heterocycles. The Morgan fingerprint density at radius 2 is 2.19 bits per heavy atom. The third-order valence-corrected chi connectivity index (χ3v) is 3.69. The fourth-order valence-electron chi connectivity index (χ4n) is 2.37. The highest BCUT2D eigenvalue weighted by molar-refractivity contribution is 6.30. The largest absolute Gasteiger partial charge is 0.480 e. The number of carbonyl (C=O) groups is 2. The monoisotopic (exact) mass is 312 g/mol. The molecule has 1 fully saturated rings. The van der Waals surface area contributed by atoms with E-state index in [4.69, 9.17) is 21.8 Å². The zero-order valence-corrected chi connectivity index (χ0v) is 12.2. The second kappa shape index (κ2) is 6.78. The molecule has 7 heteroatoms. The Balaban J connectivity index is 2.20. The van der Waals surface area contributed by atoms with E-state index in [1.54, 1.807) is 29.2 Å². The van der Waals surface area contributed by atoms with Gasteiger partial charge < -0.3 is 15.1 Å². The van der Waals surface area contributed by atoms with Crippen LogP contribution in [0, 0.1) is 5.92 Å². The van der Waals surface area contributed by atoms with Gasteiger partial charge in [0.25, 0.3) is 0 Å². The zero-order chi connectivity index (χ0) is 15.4. The van der Waals surface area contributed by atoms with Crippen LogP contribution in [0.4, 0.5) is 10.5 Å². The molecule has 6 nitrogen and oxygen atoms in total. The van der Waals surface area contributed by atoms with Crippen molar-refractivity contribution in [3.8, 4) is 0 Å². The summed E-state index contributed by atoms with van der Waals surface area (Å²) in [4.78, 5) is 26.3. The van der Waals surface area contributed by atoms with Crippen LogP contribution in [0.15, 0.2) is 24.3 Å². The van der Waals surface area contributed by atoms with Crippen molar-refractivity contribution in [2.24, 2.45) is 5.92 Å². The highest BCUT2D eigenvalue weighted by Crippen LogP contribution is 2.23. The molecule has 21 heavy (non-hydrogen) atoms. The van der Waals surface area contributed by atoms with Gasteiger partial charge in [-0.15, -0.1) is 0 Å². The van der Waals surface area contributed by atoms with Crippen LogP contribution >= 0.6 is 11.6 Å². The molecule has 0 aliphatic carbocycles. The molecular weight excluding hydrogens is 296 g/mol. The fraction of sp³-hybridized carbons (Fsp3) is 0.429. The molecule has 0 spiro atoms. The SMILES string of the molecule is O=C(O)CN(C(=O)N1CCC(CO)C1)c1cccc(Cl)c1. The maximum absolute atomic E-state index is 12.5. The third kappa shape index (κ3) is 3.86. The lowest BCUT2D eigenvalue weighted by molar-refractivity contribution is -0.135. The van der Waals surface area contributed by atoms with Gasteiger partial charge in [-0.3, -0.25) is 9.69 Å². The Morgan fingerprint density at radius 1 is 1.43 bits per heavy atom.